The standard InChI is InChI=1S/C38H56N2O2/c1-25-20-35-36(40(24-25)19-18-39-17-14-28-8-6-5-7-9-28)27(3)38(42-35)16-13-31-32-11-10-29-21-30(41)12-15-37(29,4)34(32)22-33(31)26(2)23-38/h5-9,25,27,29,31-32,34-36,39H,10-24H2,1-4H3/t25-,27+,29+,31-,32-,34-,35+,36-,37-,38-/m0/s1. The second kappa shape index (κ2) is 11.5. The minimum absolute atomic E-state index is 0.00760. The molecule has 0 unspecified atom stereocenters. The number of fused-ring (bicyclic) bond motifs is 6. The molecule has 1 aromatic rings. The van der Waals surface area contributed by atoms with Crippen LogP contribution in [0.3, 0.4) is 0 Å². The number of ether oxygens (including phenoxy) is 1. The number of carbonyl (C=O) groups excluding carboxylic acids is 1. The van der Waals surface area contributed by atoms with Crippen LogP contribution >= 0.6 is 0 Å². The number of nitrogens with one attached hydrogen (secondary N) is 1. The first-order valence-corrected chi connectivity index (χ1v) is 17.6. The molecule has 4 heteroatoms. The van der Waals surface area contributed by atoms with E-state index < -0.39 is 0 Å². The van der Waals surface area contributed by atoms with E-state index in [1.165, 1.54) is 50.6 Å². The maximum Gasteiger partial charge on any atom is 0.133 e. The van der Waals surface area contributed by atoms with Crippen molar-refractivity contribution in [2.24, 2.45) is 40.9 Å². The zero-order valence-electron chi connectivity index (χ0n) is 26.9. The summed E-state index contributed by atoms with van der Waals surface area (Å²) in [6.07, 6.45) is 13.1. The molecule has 4 aliphatic carbocycles. The van der Waals surface area contributed by atoms with Crippen LogP contribution in [0.1, 0.15) is 97.5 Å². The molecule has 42 heavy (non-hydrogen) atoms. The van der Waals surface area contributed by atoms with Gasteiger partial charge < -0.3 is 10.1 Å². The van der Waals surface area contributed by atoms with E-state index in [0.717, 1.165) is 69.5 Å². The fourth-order valence-corrected chi connectivity index (χ4v) is 11.5. The van der Waals surface area contributed by atoms with E-state index >= 15 is 0 Å². The molecule has 230 valence electrons. The van der Waals surface area contributed by atoms with Gasteiger partial charge in [0.15, 0.2) is 0 Å². The van der Waals surface area contributed by atoms with Gasteiger partial charge in [-0.25, -0.2) is 0 Å². The average molecular weight is 573 g/mol. The van der Waals surface area contributed by atoms with Crippen LogP contribution in [0.15, 0.2) is 41.5 Å². The lowest BCUT2D eigenvalue weighted by Gasteiger charge is -2.52. The van der Waals surface area contributed by atoms with Crippen LogP contribution < -0.4 is 5.32 Å². The minimum atomic E-state index is 0.00760. The van der Waals surface area contributed by atoms with Crippen molar-refractivity contribution in [3.8, 4) is 0 Å². The second-order valence-corrected chi connectivity index (χ2v) is 15.9. The molecule has 5 fully saturated rings. The first-order valence-electron chi connectivity index (χ1n) is 17.6. The number of hydrogen-bond acceptors (Lipinski definition) is 4. The Balaban J connectivity index is 1.03. The van der Waals surface area contributed by atoms with Gasteiger partial charge in [0.05, 0.1) is 11.7 Å². The van der Waals surface area contributed by atoms with Crippen LogP contribution in [0, 0.1) is 40.9 Å². The normalized spacial score (nSPS) is 43.6. The van der Waals surface area contributed by atoms with Crippen LogP contribution in [0.4, 0.5) is 0 Å². The molecule has 2 aliphatic heterocycles. The molecule has 2 heterocycles. The monoisotopic (exact) mass is 572 g/mol. The lowest BCUT2D eigenvalue weighted by Crippen LogP contribution is -2.53. The van der Waals surface area contributed by atoms with E-state index in [-0.39, 0.29) is 5.60 Å². The summed E-state index contributed by atoms with van der Waals surface area (Å²) in [5.41, 5.74) is 5.30. The lowest BCUT2D eigenvalue weighted by atomic mass is 9.52. The van der Waals surface area contributed by atoms with Gasteiger partial charge in [-0.3, -0.25) is 9.69 Å². The van der Waals surface area contributed by atoms with Crippen LogP contribution in [-0.4, -0.2) is 54.6 Å². The van der Waals surface area contributed by atoms with Crippen LogP contribution in [0.25, 0.3) is 0 Å². The highest BCUT2D eigenvalue weighted by Crippen LogP contribution is 2.65. The molecule has 0 bridgehead atoms. The number of carbonyl (C=O) groups is 1. The quantitative estimate of drug-likeness (QED) is 0.289. The average Bonchev–Trinajstić information content (AvgIpc) is 3.43. The van der Waals surface area contributed by atoms with E-state index in [2.05, 4.69) is 68.2 Å². The highest BCUT2D eigenvalue weighted by molar-refractivity contribution is 5.79. The second-order valence-electron chi connectivity index (χ2n) is 15.9. The number of benzene rings is 1. The van der Waals surface area contributed by atoms with E-state index in [1.54, 1.807) is 5.57 Å². The first-order chi connectivity index (χ1) is 20.3. The third kappa shape index (κ3) is 5.06. The summed E-state index contributed by atoms with van der Waals surface area (Å²) in [4.78, 5) is 15.1. The SMILES string of the molecule is CC1=C2C[C@H]3[C@@H](CC[C@@H]4CC(=O)CC[C@@]43C)[C@@H]2CC[C@@]2(C1)O[C@@H]1C[C@H](C)CN(CCNCCc3ccccc3)[C@H]1[C@H]2C. The summed E-state index contributed by atoms with van der Waals surface area (Å²) in [6.45, 7) is 14.5. The summed E-state index contributed by atoms with van der Waals surface area (Å²) in [5, 5.41) is 3.75. The van der Waals surface area contributed by atoms with Crippen molar-refractivity contribution < 1.29 is 9.53 Å². The van der Waals surface area contributed by atoms with Gasteiger partial charge in [-0.15, -0.1) is 0 Å². The minimum Gasteiger partial charge on any atom is -0.369 e. The number of piperidine rings is 1. The number of rotatable bonds is 6. The van der Waals surface area contributed by atoms with Crippen molar-refractivity contribution in [1.82, 2.24) is 10.2 Å². The molecular formula is C38H56N2O2. The van der Waals surface area contributed by atoms with Gasteiger partial charge in [-0.2, -0.15) is 0 Å². The number of Topliss-reactive ketones (excluding diaryl/α,β-unsaturated/α-hetero) is 1. The van der Waals surface area contributed by atoms with Gasteiger partial charge in [0.1, 0.15) is 5.78 Å². The molecule has 1 aromatic carbocycles. The Morgan fingerprint density at radius 2 is 1.88 bits per heavy atom. The third-order valence-electron chi connectivity index (χ3n) is 13.7. The predicted molar refractivity (Wildman–Crippen MR) is 170 cm³/mol. The van der Waals surface area contributed by atoms with Crippen molar-refractivity contribution in [3.63, 3.8) is 0 Å². The van der Waals surface area contributed by atoms with Gasteiger partial charge in [0, 0.05) is 44.4 Å². The highest BCUT2D eigenvalue weighted by Gasteiger charge is 2.60. The molecular weight excluding hydrogens is 516 g/mol. The fourth-order valence-electron chi connectivity index (χ4n) is 11.5. The Bertz CT molecular complexity index is 1180. The van der Waals surface area contributed by atoms with E-state index in [1.807, 2.05) is 5.57 Å². The van der Waals surface area contributed by atoms with E-state index in [9.17, 15) is 4.79 Å². The molecule has 0 amide bonds. The third-order valence-corrected chi connectivity index (χ3v) is 13.7. The molecule has 0 radical (unpaired) electrons. The summed E-state index contributed by atoms with van der Waals surface area (Å²) in [7, 11) is 0. The lowest BCUT2D eigenvalue weighted by molar-refractivity contribution is -0.129. The molecule has 1 N–H and O–H groups in total. The van der Waals surface area contributed by atoms with Gasteiger partial charge in [-0.05, 0) is 112 Å². The molecule has 6 aliphatic rings. The Kier molecular flexibility index (Phi) is 7.98. The van der Waals surface area contributed by atoms with E-state index in [4.69, 9.17) is 4.74 Å². The van der Waals surface area contributed by atoms with Crippen LogP contribution in [0.2, 0.25) is 0 Å². The molecule has 7 rings (SSSR count). The number of allylic oxidation sites excluding steroid dienone is 1. The molecule has 0 aromatic heterocycles. The number of likely N-dealkylation sites (tertiary alicyclic amines) is 1. The van der Waals surface area contributed by atoms with Crippen molar-refractivity contribution in [2.75, 3.05) is 26.2 Å². The van der Waals surface area contributed by atoms with Crippen molar-refractivity contribution >= 4 is 5.78 Å². The molecule has 10 atom stereocenters. The molecule has 3 saturated carbocycles. The molecule has 4 nitrogen and oxygen atoms in total. The largest absolute Gasteiger partial charge is 0.369 e. The molecule has 1 spiro atoms. The van der Waals surface area contributed by atoms with Crippen LogP contribution in [0.5, 0.6) is 0 Å². The maximum atomic E-state index is 12.3. The topological polar surface area (TPSA) is 41.6 Å². The summed E-state index contributed by atoms with van der Waals surface area (Å²) in [6, 6.07) is 11.4. The van der Waals surface area contributed by atoms with Crippen LogP contribution in [-0.2, 0) is 16.0 Å². The Morgan fingerprint density at radius 3 is 2.71 bits per heavy atom. The number of hydrogen-bond donors (Lipinski definition) is 1. The highest BCUT2D eigenvalue weighted by atomic mass is 16.5. The van der Waals surface area contributed by atoms with Gasteiger partial charge >= 0.3 is 0 Å². The predicted octanol–water partition coefficient (Wildman–Crippen LogP) is 7.22. The zero-order valence-corrected chi connectivity index (χ0v) is 26.9. The van der Waals surface area contributed by atoms with Gasteiger partial charge in [0.2, 0.25) is 0 Å². The fraction of sp³-hybridized carbons (Fsp3) is 0.763. The van der Waals surface area contributed by atoms with E-state index in [0.29, 0.717) is 41.1 Å². The Labute approximate surface area is 255 Å². The summed E-state index contributed by atoms with van der Waals surface area (Å²) < 4.78 is 7.33. The van der Waals surface area contributed by atoms with Gasteiger partial charge in [0.25, 0.3) is 0 Å². The van der Waals surface area contributed by atoms with Crippen molar-refractivity contribution in [3.05, 3.63) is 47.0 Å². The summed E-state index contributed by atoms with van der Waals surface area (Å²) in [5.74, 6) is 4.81. The Morgan fingerprint density at radius 1 is 1.05 bits per heavy atom. The Hall–Kier alpha value is -1.49. The smallest absolute Gasteiger partial charge is 0.133 e. The zero-order chi connectivity index (χ0) is 29.1. The molecule has 2 saturated heterocycles. The number of ketones is 1. The summed E-state index contributed by atoms with van der Waals surface area (Å²) >= 11 is 0. The number of nitrogens with zero attached hydrogens (tertiary/aromatic N) is 1. The van der Waals surface area contributed by atoms with Crippen molar-refractivity contribution in [2.45, 2.75) is 116 Å². The first kappa shape index (κ1) is 29.2. The van der Waals surface area contributed by atoms with Crippen molar-refractivity contribution in [1.29, 1.82) is 0 Å². The van der Waals surface area contributed by atoms with Gasteiger partial charge in [-0.1, -0.05) is 62.2 Å². The maximum absolute atomic E-state index is 12.3.